The second kappa shape index (κ2) is 7.34. The van der Waals surface area contributed by atoms with Crippen molar-refractivity contribution in [2.75, 3.05) is 21.3 Å². The molecule has 0 bridgehead atoms. The molecule has 0 aliphatic heterocycles. The fourth-order valence-electron chi connectivity index (χ4n) is 1.35. The fraction of sp³-hybridized carbons (Fsp3) is 0.364. The Morgan fingerprint density at radius 3 is 2.12 bits per heavy atom. The van der Waals surface area contributed by atoms with Crippen LogP contribution in [-0.4, -0.2) is 26.9 Å². The number of carbonyl (C=O) groups excluding carboxylic acids is 1. The van der Waals surface area contributed by atoms with Gasteiger partial charge in [0.15, 0.2) is 17.1 Å². The Hall–Kier alpha value is -1.01. The van der Waals surface area contributed by atoms with E-state index >= 15 is 0 Å². The van der Waals surface area contributed by atoms with Crippen molar-refractivity contribution < 1.29 is 19.0 Å². The Morgan fingerprint density at radius 2 is 1.71 bits per heavy atom. The highest BCUT2D eigenvalue weighted by atomic mass is 33.1. The molecule has 1 aromatic carbocycles. The van der Waals surface area contributed by atoms with Gasteiger partial charge in [0.25, 0.3) is 0 Å². The van der Waals surface area contributed by atoms with Gasteiger partial charge in [0.2, 0.25) is 5.75 Å². The maximum Gasteiger partial charge on any atom is 0.203 e. The van der Waals surface area contributed by atoms with E-state index < -0.39 is 0 Å². The average molecular weight is 274 g/mol. The third kappa shape index (κ3) is 3.74. The molecule has 17 heavy (non-hydrogen) atoms. The van der Waals surface area contributed by atoms with Crippen LogP contribution in [0, 0.1) is 0 Å². The molecule has 0 aliphatic rings. The highest BCUT2D eigenvalue weighted by Gasteiger charge is 2.12. The molecule has 0 spiro atoms. The van der Waals surface area contributed by atoms with Crippen LogP contribution in [0.1, 0.15) is 5.56 Å². The van der Waals surface area contributed by atoms with E-state index in [1.165, 1.54) is 10.8 Å². The number of methoxy groups -OCH3 is 3. The first-order valence-electron chi connectivity index (χ1n) is 4.77. The van der Waals surface area contributed by atoms with Crippen molar-refractivity contribution in [3.63, 3.8) is 0 Å². The van der Waals surface area contributed by atoms with Gasteiger partial charge in [0, 0.05) is 5.75 Å². The summed E-state index contributed by atoms with van der Waals surface area (Å²) in [5, 5.41) is 0. The Bertz CT molecular complexity index is 357. The number of hydrogen-bond acceptors (Lipinski definition) is 6. The number of ether oxygens (including phenoxy) is 3. The molecule has 6 heteroatoms. The maximum atomic E-state index is 10.2. The minimum absolute atomic E-state index is 0.576. The van der Waals surface area contributed by atoms with E-state index in [0.717, 1.165) is 22.0 Å². The van der Waals surface area contributed by atoms with Gasteiger partial charge >= 0.3 is 0 Å². The molecule has 0 N–H and O–H groups in total. The lowest BCUT2D eigenvalue weighted by Gasteiger charge is -2.13. The minimum atomic E-state index is 0.576. The van der Waals surface area contributed by atoms with Crippen molar-refractivity contribution in [3.8, 4) is 17.2 Å². The summed E-state index contributed by atoms with van der Waals surface area (Å²) in [6.45, 7) is 0. The first-order chi connectivity index (χ1) is 8.26. The maximum absolute atomic E-state index is 10.2. The molecule has 0 radical (unpaired) electrons. The lowest BCUT2D eigenvalue weighted by molar-refractivity contribution is 0.324. The lowest BCUT2D eigenvalue weighted by atomic mass is 10.2. The van der Waals surface area contributed by atoms with Gasteiger partial charge in [-0.3, -0.25) is 4.79 Å². The summed E-state index contributed by atoms with van der Waals surface area (Å²) in [5.41, 5.74) is 1.82. The fourth-order valence-corrected chi connectivity index (χ4v) is 2.55. The molecule has 0 heterocycles. The third-order valence-electron chi connectivity index (χ3n) is 2.06. The minimum Gasteiger partial charge on any atom is -0.493 e. The van der Waals surface area contributed by atoms with Gasteiger partial charge < -0.3 is 14.2 Å². The van der Waals surface area contributed by atoms with Crippen LogP contribution in [0.3, 0.4) is 0 Å². The van der Waals surface area contributed by atoms with E-state index in [1.807, 2.05) is 12.1 Å². The van der Waals surface area contributed by atoms with Crippen molar-refractivity contribution in [2.45, 2.75) is 5.75 Å². The molecular weight excluding hydrogens is 260 g/mol. The summed E-state index contributed by atoms with van der Waals surface area (Å²) in [5.74, 6) is 2.52. The van der Waals surface area contributed by atoms with Crippen LogP contribution in [0.15, 0.2) is 12.1 Å². The molecule has 1 aromatic rings. The van der Waals surface area contributed by atoms with Gasteiger partial charge in [0.1, 0.15) is 0 Å². The van der Waals surface area contributed by atoms with E-state index in [2.05, 4.69) is 0 Å². The van der Waals surface area contributed by atoms with Gasteiger partial charge in [0.05, 0.1) is 21.3 Å². The second-order valence-electron chi connectivity index (χ2n) is 2.99. The molecule has 0 aliphatic carbocycles. The topological polar surface area (TPSA) is 44.8 Å². The normalized spacial score (nSPS) is 9.82. The van der Waals surface area contributed by atoms with Gasteiger partial charge in [-0.05, 0) is 28.5 Å². The number of hydrogen-bond donors (Lipinski definition) is 0. The summed E-state index contributed by atoms with van der Waals surface area (Å²) in [4.78, 5) is 10.2. The molecule has 0 atom stereocenters. The van der Waals surface area contributed by atoms with Crippen LogP contribution < -0.4 is 14.2 Å². The van der Waals surface area contributed by atoms with Crippen LogP contribution in [0.2, 0.25) is 0 Å². The standard InChI is InChI=1S/C11H14O4S2/c1-13-9-4-8(6-16-17-7-12)5-10(14-2)11(9)15-3/h4-5,7H,6H2,1-3H3. The zero-order chi connectivity index (χ0) is 12.7. The number of benzene rings is 1. The van der Waals surface area contributed by atoms with E-state index in [4.69, 9.17) is 14.2 Å². The quantitative estimate of drug-likeness (QED) is 0.433. The zero-order valence-electron chi connectivity index (χ0n) is 9.89. The summed E-state index contributed by atoms with van der Waals surface area (Å²) in [7, 11) is 7.34. The molecule has 0 amide bonds. The van der Waals surface area contributed by atoms with Crippen molar-refractivity contribution in [1.82, 2.24) is 0 Å². The van der Waals surface area contributed by atoms with Crippen LogP contribution >= 0.6 is 21.6 Å². The van der Waals surface area contributed by atoms with Gasteiger partial charge in [-0.25, -0.2) is 0 Å². The molecule has 0 saturated carbocycles. The van der Waals surface area contributed by atoms with Gasteiger partial charge in [-0.15, -0.1) is 0 Å². The predicted molar refractivity (Wildman–Crippen MR) is 71.7 cm³/mol. The predicted octanol–water partition coefficient (Wildman–Crippen LogP) is 2.78. The summed E-state index contributed by atoms with van der Waals surface area (Å²) in [6, 6.07) is 3.75. The molecule has 0 unspecified atom stereocenters. The zero-order valence-corrected chi connectivity index (χ0v) is 11.5. The Balaban J connectivity index is 2.96. The first kappa shape index (κ1) is 14.1. The van der Waals surface area contributed by atoms with Crippen molar-refractivity contribution in [2.24, 2.45) is 0 Å². The van der Waals surface area contributed by atoms with Crippen LogP contribution in [0.4, 0.5) is 0 Å². The molecule has 94 valence electrons. The second-order valence-corrected chi connectivity index (χ2v) is 5.18. The SMILES string of the molecule is COc1cc(CSSC=O)cc(OC)c1OC. The Labute approximate surface area is 108 Å². The Morgan fingerprint density at radius 1 is 1.12 bits per heavy atom. The summed E-state index contributed by atoms with van der Waals surface area (Å²) in [6.07, 6.45) is 0. The van der Waals surface area contributed by atoms with Gasteiger partial charge in [-0.1, -0.05) is 10.8 Å². The average Bonchev–Trinajstić information content (AvgIpc) is 2.37. The first-order valence-corrected chi connectivity index (χ1v) is 7.15. The third-order valence-corrected chi connectivity index (χ3v) is 3.72. The molecular formula is C11H14O4S2. The molecule has 0 aromatic heterocycles. The van der Waals surface area contributed by atoms with E-state index in [1.54, 1.807) is 21.3 Å². The summed E-state index contributed by atoms with van der Waals surface area (Å²) < 4.78 is 15.7. The van der Waals surface area contributed by atoms with Crippen LogP contribution in [0.25, 0.3) is 0 Å². The number of carbonyl (C=O) groups is 1. The van der Waals surface area contributed by atoms with E-state index in [9.17, 15) is 4.79 Å². The lowest BCUT2D eigenvalue weighted by Crippen LogP contribution is -1.96. The van der Waals surface area contributed by atoms with Crippen molar-refractivity contribution >= 4 is 27.2 Å². The van der Waals surface area contributed by atoms with Crippen LogP contribution in [0.5, 0.6) is 17.2 Å². The van der Waals surface area contributed by atoms with Gasteiger partial charge in [-0.2, -0.15) is 0 Å². The highest BCUT2D eigenvalue weighted by molar-refractivity contribution is 8.81. The summed E-state index contributed by atoms with van der Waals surface area (Å²) >= 11 is 0. The highest BCUT2D eigenvalue weighted by Crippen LogP contribution is 2.39. The molecule has 4 nitrogen and oxygen atoms in total. The van der Waals surface area contributed by atoms with Crippen molar-refractivity contribution in [3.05, 3.63) is 17.7 Å². The monoisotopic (exact) mass is 274 g/mol. The molecule has 0 fully saturated rings. The smallest absolute Gasteiger partial charge is 0.203 e. The van der Waals surface area contributed by atoms with E-state index in [0.29, 0.717) is 23.0 Å². The van der Waals surface area contributed by atoms with Crippen LogP contribution in [-0.2, 0) is 10.5 Å². The van der Waals surface area contributed by atoms with E-state index in [-0.39, 0.29) is 0 Å². The molecule has 1 rings (SSSR count). The molecule has 0 saturated heterocycles. The number of rotatable bonds is 7. The largest absolute Gasteiger partial charge is 0.493 e. The van der Waals surface area contributed by atoms with Crippen molar-refractivity contribution in [1.29, 1.82) is 0 Å². The Kier molecular flexibility index (Phi) is 6.07.